The highest BCUT2D eigenvalue weighted by Crippen LogP contribution is 2.19. The van der Waals surface area contributed by atoms with Crippen molar-refractivity contribution in [2.75, 3.05) is 12.5 Å². The molecule has 88 valence electrons. The number of halogens is 1. The normalized spacial score (nSPS) is 24.9. The molecule has 0 saturated carbocycles. The van der Waals surface area contributed by atoms with E-state index < -0.39 is 0 Å². The highest BCUT2D eigenvalue weighted by molar-refractivity contribution is 6.18. The van der Waals surface area contributed by atoms with Gasteiger partial charge in [0.15, 0.2) is 0 Å². The van der Waals surface area contributed by atoms with Crippen molar-refractivity contribution in [1.29, 1.82) is 0 Å². The van der Waals surface area contributed by atoms with Crippen LogP contribution in [0.4, 0.5) is 0 Å². The first kappa shape index (κ1) is 11.9. The summed E-state index contributed by atoms with van der Waals surface area (Å²) in [7, 11) is 0. The molecular weight excluding hydrogens is 224 g/mol. The van der Waals surface area contributed by atoms with E-state index in [2.05, 4.69) is 19.1 Å². The first-order valence-corrected chi connectivity index (χ1v) is 6.16. The molecule has 1 heterocycles. The van der Waals surface area contributed by atoms with Gasteiger partial charge in [-0.15, -0.1) is 11.6 Å². The molecule has 2 atom stereocenters. The molecule has 1 saturated heterocycles. The van der Waals surface area contributed by atoms with Gasteiger partial charge in [-0.1, -0.05) is 24.3 Å². The summed E-state index contributed by atoms with van der Waals surface area (Å²) in [5.74, 6) is 0.560. The lowest BCUT2D eigenvalue weighted by atomic mass is 10.1. The number of aryl methyl sites for hydroxylation is 1. The summed E-state index contributed by atoms with van der Waals surface area (Å²) in [6.07, 6.45) is 1.28. The molecule has 0 bridgehead atoms. The van der Waals surface area contributed by atoms with Gasteiger partial charge in [-0.2, -0.15) is 0 Å². The number of hydrogen-bond acceptors (Lipinski definition) is 2. The van der Waals surface area contributed by atoms with Crippen LogP contribution in [0, 0.1) is 6.92 Å². The third-order valence-corrected chi connectivity index (χ3v) is 3.30. The Morgan fingerprint density at radius 3 is 2.94 bits per heavy atom. The summed E-state index contributed by atoms with van der Waals surface area (Å²) >= 11 is 5.73. The Hall–Kier alpha value is -0.570. The molecule has 0 aromatic heterocycles. The second-order valence-corrected chi connectivity index (χ2v) is 4.51. The lowest BCUT2D eigenvalue weighted by Gasteiger charge is -2.11. The van der Waals surface area contributed by atoms with Crippen LogP contribution in [0.25, 0.3) is 0 Å². The van der Waals surface area contributed by atoms with Crippen LogP contribution in [0.3, 0.4) is 0 Å². The minimum Gasteiger partial charge on any atom is -0.374 e. The Labute approximate surface area is 102 Å². The Kier molecular flexibility index (Phi) is 4.22. The van der Waals surface area contributed by atoms with Crippen LogP contribution in [0.2, 0.25) is 0 Å². The molecule has 1 aromatic carbocycles. The van der Waals surface area contributed by atoms with Crippen molar-refractivity contribution in [2.45, 2.75) is 32.2 Å². The second-order valence-electron chi connectivity index (χ2n) is 4.20. The topological polar surface area (TPSA) is 18.5 Å². The van der Waals surface area contributed by atoms with E-state index in [4.69, 9.17) is 21.1 Å². The lowest BCUT2D eigenvalue weighted by Crippen LogP contribution is -2.13. The smallest absolute Gasteiger partial charge is 0.0838 e. The predicted octanol–water partition coefficient (Wildman–Crippen LogP) is 2.91. The van der Waals surface area contributed by atoms with Crippen LogP contribution >= 0.6 is 11.6 Å². The number of alkyl halides is 1. The van der Waals surface area contributed by atoms with Crippen LogP contribution in [0.1, 0.15) is 17.5 Å². The molecule has 1 aliphatic heterocycles. The Morgan fingerprint density at radius 2 is 2.25 bits per heavy atom. The van der Waals surface area contributed by atoms with Crippen molar-refractivity contribution in [2.24, 2.45) is 0 Å². The largest absolute Gasteiger partial charge is 0.374 e. The van der Waals surface area contributed by atoms with Crippen molar-refractivity contribution in [3.8, 4) is 0 Å². The van der Waals surface area contributed by atoms with E-state index in [0.717, 1.165) is 6.42 Å². The third-order valence-electron chi connectivity index (χ3n) is 2.95. The molecule has 1 aliphatic rings. The number of benzene rings is 1. The average Bonchev–Trinajstić information content (AvgIpc) is 2.76. The molecule has 2 rings (SSSR count). The predicted molar refractivity (Wildman–Crippen MR) is 64.8 cm³/mol. The molecule has 16 heavy (non-hydrogen) atoms. The summed E-state index contributed by atoms with van der Waals surface area (Å²) in [5.41, 5.74) is 2.52. The van der Waals surface area contributed by atoms with E-state index in [1.165, 1.54) is 11.1 Å². The van der Waals surface area contributed by atoms with Crippen molar-refractivity contribution in [3.05, 3.63) is 35.4 Å². The molecule has 2 unspecified atom stereocenters. The van der Waals surface area contributed by atoms with Crippen LogP contribution < -0.4 is 0 Å². The monoisotopic (exact) mass is 240 g/mol. The van der Waals surface area contributed by atoms with E-state index in [-0.39, 0.29) is 12.2 Å². The van der Waals surface area contributed by atoms with E-state index >= 15 is 0 Å². The third kappa shape index (κ3) is 2.97. The molecule has 1 aromatic rings. The van der Waals surface area contributed by atoms with E-state index in [1.54, 1.807) is 0 Å². The van der Waals surface area contributed by atoms with Gasteiger partial charge in [0.2, 0.25) is 0 Å². The van der Waals surface area contributed by atoms with Gasteiger partial charge in [0.05, 0.1) is 25.4 Å². The summed E-state index contributed by atoms with van der Waals surface area (Å²) in [4.78, 5) is 0. The van der Waals surface area contributed by atoms with Gasteiger partial charge >= 0.3 is 0 Å². The minimum absolute atomic E-state index is 0.170. The number of rotatable bonds is 4. The van der Waals surface area contributed by atoms with Gasteiger partial charge in [-0.25, -0.2) is 0 Å². The molecule has 0 spiro atoms. The zero-order valence-corrected chi connectivity index (χ0v) is 10.2. The lowest BCUT2D eigenvalue weighted by molar-refractivity contribution is 0.0286. The standard InChI is InChI=1S/C13H17ClO2/c1-10-4-2-3-5-11(10)8-15-13-6-12(7-14)16-9-13/h2-5,12-13H,6-9H2,1H3. The Bertz CT molecular complexity index is 340. The van der Waals surface area contributed by atoms with Gasteiger partial charge in [0.1, 0.15) is 0 Å². The first-order valence-electron chi connectivity index (χ1n) is 5.63. The van der Waals surface area contributed by atoms with Crippen molar-refractivity contribution < 1.29 is 9.47 Å². The van der Waals surface area contributed by atoms with Crippen LogP contribution in [-0.2, 0) is 16.1 Å². The fraction of sp³-hybridized carbons (Fsp3) is 0.538. The average molecular weight is 241 g/mol. The van der Waals surface area contributed by atoms with Crippen molar-refractivity contribution >= 4 is 11.6 Å². The molecule has 0 N–H and O–H groups in total. The molecule has 0 radical (unpaired) electrons. The van der Waals surface area contributed by atoms with Crippen molar-refractivity contribution in [1.82, 2.24) is 0 Å². The van der Waals surface area contributed by atoms with E-state index in [9.17, 15) is 0 Å². The maximum absolute atomic E-state index is 5.82. The summed E-state index contributed by atoms with van der Waals surface area (Å²) in [6.45, 7) is 3.43. The maximum atomic E-state index is 5.82. The molecular formula is C13H17ClO2. The maximum Gasteiger partial charge on any atom is 0.0838 e. The van der Waals surface area contributed by atoms with Gasteiger partial charge in [-0.3, -0.25) is 0 Å². The zero-order valence-electron chi connectivity index (χ0n) is 9.49. The Morgan fingerprint density at radius 1 is 1.44 bits per heavy atom. The minimum atomic E-state index is 0.170. The Balaban J connectivity index is 1.82. The number of ether oxygens (including phenoxy) is 2. The van der Waals surface area contributed by atoms with Crippen LogP contribution in [0.5, 0.6) is 0 Å². The molecule has 1 fully saturated rings. The SMILES string of the molecule is Cc1ccccc1COC1COC(CCl)C1. The molecule has 0 amide bonds. The highest BCUT2D eigenvalue weighted by Gasteiger charge is 2.25. The van der Waals surface area contributed by atoms with Crippen LogP contribution in [-0.4, -0.2) is 24.7 Å². The molecule has 3 heteroatoms. The number of hydrogen-bond donors (Lipinski definition) is 0. The summed E-state index contributed by atoms with van der Waals surface area (Å²) in [5, 5.41) is 0. The quantitative estimate of drug-likeness (QED) is 0.754. The fourth-order valence-corrected chi connectivity index (χ4v) is 2.09. The van der Waals surface area contributed by atoms with Crippen LogP contribution in [0.15, 0.2) is 24.3 Å². The van der Waals surface area contributed by atoms with Gasteiger partial charge in [0.25, 0.3) is 0 Å². The summed E-state index contributed by atoms with van der Waals surface area (Å²) in [6, 6.07) is 8.29. The molecule has 0 aliphatic carbocycles. The van der Waals surface area contributed by atoms with Gasteiger partial charge in [0, 0.05) is 12.3 Å². The van der Waals surface area contributed by atoms with Crippen molar-refractivity contribution in [3.63, 3.8) is 0 Å². The van der Waals surface area contributed by atoms with E-state index in [1.807, 2.05) is 12.1 Å². The van der Waals surface area contributed by atoms with Gasteiger partial charge < -0.3 is 9.47 Å². The molecule has 2 nitrogen and oxygen atoms in total. The van der Waals surface area contributed by atoms with E-state index in [0.29, 0.717) is 19.1 Å². The second kappa shape index (κ2) is 5.67. The first-order chi connectivity index (χ1) is 7.79. The zero-order chi connectivity index (χ0) is 11.4. The van der Waals surface area contributed by atoms with Gasteiger partial charge in [-0.05, 0) is 18.1 Å². The highest BCUT2D eigenvalue weighted by atomic mass is 35.5. The fourth-order valence-electron chi connectivity index (χ4n) is 1.88. The summed E-state index contributed by atoms with van der Waals surface area (Å²) < 4.78 is 11.3.